The van der Waals surface area contributed by atoms with Crippen LogP contribution in [0.1, 0.15) is 54.4 Å². The zero-order chi connectivity index (χ0) is 31.5. The molecule has 5 nitrogen and oxygen atoms in total. The molecule has 0 aromatic heterocycles. The number of ether oxygens (including phenoxy) is 1. The molecule has 0 spiro atoms. The standard InChI is InChI=1S/C35H33Cl2F2NO4/c36-29-20-24(13-15-31(29)38)27-18-26(19-28(34(27)44-22-33(41)42)25-14-16-32(39)30(37)21-25)35(43)40-17-9-4-2-1-3-6-10-23-11-7-5-8-12-23/h5,7-8,11-16,18-21H,1-4,6,9-10,17,22H2,(H,40,43)(H,41,42). The van der Waals surface area contributed by atoms with Crippen LogP contribution in [-0.2, 0) is 11.2 Å². The van der Waals surface area contributed by atoms with E-state index in [2.05, 4.69) is 29.6 Å². The van der Waals surface area contributed by atoms with Crippen molar-refractivity contribution in [2.45, 2.75) is 44.9 Å². The molecule has 4 rings (SSSR count). The Morgan fingerprint density at radius 2 is 1.27 bits per heavy atom. The van der Waals surface area contributed by atoms with Crippen LogP contribution in [0.2, 0.25) is 10.0 Å². The van der Waals surface area contributed by atoms with E-state index in [0.717, 1.165) is 44.9 Å². The van der Waals surface area contributed by atoms with Crippen LogP contribution < -0.4 is 10.1 Å². The van der Waals surface area contributed by atoms with Crippen molar-refractivity contribution in [2.24, 2.45) is 0 Å². The summed E-state index contributed by atoms with van der Waals surface area (Å²) in [7, 11) is 0. The van der Waals surface area contributed by atoms with Gasteiger partial charge in [0.15, 0.2) is 6.61 Å². The molecule has 0 bridgehead atoms. The molecule has 9 heteroatoms. The minimum Gasteiger partial charge on any atom is -0.481 e. The third kappa shape index (κ3) is 9.28. The van der Waals surface area contributed by atoms with E-state index < -0.39 is 24.2 Å². The zero-order valence-electron chi connectivity index (χ0n) is 24.1. The predicted octanol–water partition coefficient (Wildman–Crippen LogP) is 9.38. The average molecular weight is 641 g/mol. The maximum Gasteiger partial charge on any atom is 0.341 e. The maximum atomic E-state index is 14.0. The van der Waals surface area contributed by atoms with E-state index in [-0.39, 0.29) is 27.3 Å². The molecule has 4 aromatic carbocycles. The van der Waals surface area contributed by atoms with Crippen molar-refractivity contribution < 1.29 is 28.2 Å². The van der Waals surface area contributed by atoms with Gasteiger partial charge in [0.05, 0.1) is 10.0 Å². The minimum absolute atomic E-state index is 0.0987. The van der Waals surface area contributed by atoms with Crippen molar-refractivity contribution >= 4 is 35.1 Å². The topological polar surface area (TPSA) is 75.6 Å². The molecule has 0 atom stereocenters. The molecule has 0 aliphatic heterocycles. The quantitative estimate of drug-likeness (QED) is 0.127. The van der Waals surface area contributed by atoms with Crippen LogP contribution in [0.3, 0.4) is 0 Å². The lowest BCUT2D eigenvalue weighted by atomic mass is 9.94. The van der Waals surface area contributed by atoms with E-state index in [1.165, 1.54) is 54.1 Å². The number of rotatable bonds is 15. The van der Waals surface area contributed by atoms with Gasteiger partial charge in [0.2, 0.25) is 0 Å². The number of benzene rings is 4. The molecule has 0 radical (unpaired) electrons. The minimum atomic E-state index is -1.23. The van der Waals surface area contributed by atoms with Gasteiger partial charge in [-0.05, 0) is 72.4 Å². The Labute approximate surface area is 265 Å². The van der Waals surface area contributed by atoms with Gasteiger partial charge in [0.25, 0.3) is 5.91 Å². The van der Waals surface area contributed by atoms with Gasteiger partial charge in [-0.3, -0.25) is 4.79 Å². The second kappa shape index (κ2) is 16.2. The van der Waals surface area contributed by atoms with E-state index in [1.54, 1.807) is 0 Å². The van der Waals surface area contributed by atoms with Gasteiger partial charge < -0.3 is 15.2 Å². The Kier molecular flexibility index (Phi) is 12.2. The molecular formula is C35H33Cl2F2NO4. The third-order valence-corrected chi connectivity index (χ3v) is 7.75. The summed E-state index contributed by atoms with van der Waals surface area (Å²) in [5.74, 6) is -2.77. The largest absolute Gasteiger partial charge is 0.481 e. The number of aliphatic carboxylic acids is 1. The normalized spacial score (nSPS) is 10.9. The Bertz CT molecular complexity index is 1520. The summed E-state index contributed by atoms with van der Waals surface area (Å²) in [5.41, 5.74) is 3.02. The number of halogens is 4. The summed E-state index contributed by atoms with van der Waals surface area (Å²) in [4.78, 5) is 24.7. The first kappa shape index (κ1) is 33.0. The monoisotopic (exact) mass is 639 g/mol. The van der Waals surface area contributed by atoms with Crippen molar-refractivity contribution in [2.75, 3.05) is 13.2 Å². The SMILES string of the molecule is O=C(O)COc1c(-c2ccc(F)c(Cl)c2)cc(C(=O)NCCCCCCCCc2ccccc2)cc1-c1ccc(F)c(Cl)c1. The summed E-state index contributed by atoms with van der Waals surface area (Å²) >= 11 is 12.1. The van der Waals surface area contributed by atoms with Gasteiger partial charge in [0, 0.05) is 23.2 Å². The first-order chi connectivity index (χ1) is 21.2. The summed E-state index contributed by atoms with van der Waals surface area (Å²) < 4.78 is 33.7. The molecular weight excluding hydrogens is 607 g/mol. The molecule has 230 valence electrons. The number of carbonyl (C=O) groups excluding carboxylic acids is 1. The highest BCUT2D eigenvalue weighted by atomic mass is 35.5. The fraction of sp³-hybridized carbons (Fsp3) is 0.257. The Morgan fingerprint density at radius 3 is 1.82 bits per heavy atom. The van der Waals surface area contributed by atoms with E-state index in [9.17, 15) is 23.5 Å². The maximum absolute atomic E-state index is 14.0. The Hall–Kier alpha value is -3.94. The van der Waals surface area contributed by atoms with E-state index in [1.807, 2.05) is 6.07 Å². The van der Waals surface area contributed by atoms with Crippen molar-refractivity contribution in [3.63, 3.8) is 0 Å². The first-order valence-electron chi connectivity index (χ1n) is 14.5. The van der Waals surface area contributed by atoms with Crippen molar-refractivity contribution in [1.82, 2.24) is 5.32 Å². The highest BCUT2D eigenvalue weighted by Gasteiger charge is 2.21. The lowest BCUT2D eigenvalue weighted by molar-refractivity contribution is -0.139. The molecule has 2 N–H and O–H groups in total. The van der Waals surface area contributed by atoms with Gasteiger partial charge in [-0.2, -0.15) is 0 Å². The van der Waals surface area contributed by atoms with Crippen LogP contribution >= 0.6 is 23.2 Å². The zero-order valence-corrected chi connectivity index (χ0v) is 25.6. The smallest absolute Gasteiger partial charge is 0.341 e. The average Bonchev–Trinajstić information content (AvgIpc) is 3.02. The fourth-order valence-electron chi connectivity index (χ4n) is 4.92. The highest BCUT2D eigenvalue weighted by molar-refractivity contribution is 6.31. The van der Waals surface area contributed by atoms with E-state index in [0.29, 0.717) is 28.8 Å². The van der Waals surface area contributed by atoms with Gasteiger partial charge in [0.1, 0.15) is 17.4 Å². The van der Waals surface area contributed by atoms with Crippen LogP contribution in [-0.4, -0.2) is 30.1 Å². The van der Waals surface area contributed by atoms with Crippen molar-refractivity contribution in [3.8, 4) is 28.0 Å². The van der Waals surface area contributed by atoms with E-state index in [4.69, 9.17) is 27.9 Å². The number of carboxylic acid groups (broad SMARTS) is 1. The molecule has 0 fully saturated rings. The second-order valence-corrected chi connectivity index (χ2v) is 11.3. The summed E-state index contributed by atoms with van der Waals surface area (Å²) in [5, 5.41) is 11.9. The van der Waals surface area contributed by atoms with Crippen LogP contribution in [0.5, 0.6) is 5.75 Å². The molecule has 0 unspecified atom stereocenters. The molecule has 0 saturated carbocycles. The van der Waals surface area contributed by atoms with Gasteiger partial charge in [-0.15, -0.1) is 0 Å². The number of aryl methyl sites for hydroxylation is 1. The fourth-order valence-corrected chi connectivity index (χ4v) is 5.28. The number of carbonyl (C=O) groups is 2. The number of carboxylic acids is 1. The Morgan fingerprint density at radius 1 is 0.727 bits per heavy atom. The third-order valence-electron chi connectivity index (χ3n) is 7.17. The predicted molar refractivity (Wildman–Crippen MR) is 171 cm³/mol. The first-order valence-corrected chi connectivity index (χ1v) is 15.2. The van der Waals surface area contributed by atoms with Gasteiger partial charge >= 0.3 is 5.97 Å². The highest BCUT2D eigenvalue weighted by Crippen LogP contribution is 2.42. The second-order valence-electron chi connectivity index (χ2n) is 10.5. The summed E-state index contributed by atoms with van der Waals surface area (Å²) in [6.45, 7) is -0.225. The summed E-state index contributed by atoms with van der Waals surface area (Å²) in [6.07, 6.45) is 7.38. The molecule has 4 aromatic rings. The van der Waals surface area contributed by atoms with Crippen molar-refractivity contribution in [1.29, 1.82) is 0 Å². The van der Waals surface area contributed by atoms with Crippen LogP contribution in [0.25, 0.3) is 22.3 Å². The number of nitrogens with one attached hydrogen (secondary N) is 1. The number of unbranched alkanes of at least 4 members (excludes halogenated alkanes) is 5. The number of hydrogen-bond donors (Lipinski definition) is 2. The lowest BCUT2D eigenvalue weighted by Crippen LogP contribution is -2.24. The molecule has 0 aliphatic rings. The van der Waals surface area contributed by atoms with Gasteiger partial charge in [-0.25, -0.2) is 13.6 Å². The molecule has 0 heterocycles. The lowest BCUT2D eigenvalue weighted by Gasteiger charge is -2.18. The molecule has 1 amide bonds. The van der Waals surface area contributed by atoms with Crippen molar-refractivity contribution in [3.05, 3.63) is 112 Å². The Balaban J connectivity index is 1.49. The molecule has 0 saturated heterocycles. The number of hydrogen-bond acceptors (Lipinski definition) is 3. The summed E-state index contributed by atoms with van der Waals surface area (Å²) in [6, 6.07) is 21.5. The van der Waals surface area contributed by atoms with Crippen LogP contribution in [0.15, 0.2) is 78.9 Å². The van der Waals surface area contributed by atoms with Gasteiger partial charge in [-0.1, -0.05) is 91.3 Å². The van der Waals surface area contributed by atoms with E-state index >= 15 is 0 Å². The van der Waals surface area contributed by atoms with Crippen LogP contribution in [0.4, 0.5) is 8.78 Å². The molecule has 0 aliphatic carbocycles. The number of amides is 1. The van der Waals surface area contributed by atoms with Crippen LogP contribution in [0, 0.1) is 11.6 Å². The molecule has 44 heavy (non-hydrogen) atoms.